The SMILES string of the molecule is COC(=O)CCN(C(=O)COc1ccccc1)C1CCCCCCC1. The van der Waals surface area contributed by atoms with Gasteiger partial charge >= 0.3 is 5.97 Å². The summed E-state index contributed by atoms with van der Waals surface area (Å²) in [6.07, 6.45) is 8.20. The smallest absolute Gasteiger partial charge is 0.307 e. The molecule has 0 aromatic heterocycles. The van der Waals surface area contributed by atoms with Gasteiger partial charge in [0.25, 0.3) is 5.91 Å². The first-order chi connectivity index (χ1) is 12.2. The molecule has 1 aliphatic carbocycles. The summed E-state index contributed by atoms with van der Waals surface area (Å²) >= 11 is 0. The molecule has 0 spiro atoms. The van der Waals surface area contributed by atoms with E-state index in [4.69, 9.17) is 9.47 Å². The standard InChI is InChI=1S/C20H29NO4/c1-24-20(23)14-15-21(17-10-6-3-2-4-7-11-17)19(22)16-25-18-12-8-5-9-13-18/h5,8-9,12-13,17H,2-4,6-7,10-11,14-16H2,1H3. The number of amides is 1. The van der Waals surface area contributed by atoms with Crippen molar-refractivity contribution < 1.29 is 19.1 Å². The van der Waals surface area contributed by atoms with Gasteiger partial charge < -0.3 is 14.4 Å². The third-order valence-electron chi connectivity index (χ3n) is 4.73. The Labute approximate surface area is 150 Å². The second kappa shape index (κ2) is 10.7. The summed E-state index contributed by atoms with van der Waals surface area (Å²) in [7, 11) is 1.38. The van der Waals surface area contributed by atoms with E-state index < -0.39 is 0 Å². The molecule has 1 aromatic rings. The minimum absolute atomic E-state index is 0.00167. The molecule has 0 saturated heterocycles. The van der Waals surface area contributed by atoms with Crippen LogP contribution in [0.4, 0.5) is 0 Å². The van der Waals surface area contributed by atoms with E-state index in [0.29, 0.717) is 12.3 Å². The first-order valence-corrected chi connectivity index (χ1v) is 9.25. The minimum atomic E-state index is -0.285. The molecule has 2 rings (SSSR count). The molecule has 0 aliphatic heterocycles. The molecule has 1 fully saturated rings. The van der Waals surface area contributed by atoms with Gasteiger partial charge in [-0.25, -0.2) is 0 Å². The highest BCUT2D eigenvalue weighted by molar-refractivity contribution is 5.79. The van der Waals surface area contributed by atoms with Crippen LogP contribution in [-0.4, -0.2) is 43.1 Å². The largest absolute Gasteiger partial charge is 0.484 e. The number of esters is 1. The summed E-state index contributed by atoms with van der Waals surface area (Å²) in [5.74, 6) is 0.340. The van der Waals surface area contributed by atoms with Gasteiger partial charge in [0.1, 0.15) is 5.75 Å². The van der Waals surface area contributed by atoms with E-state index in [0.717, 1.165) is 25.7 Å². The molecule has 5 heteroatoms. The van der Waals surface area contributed by atoms with Gasteiger partial charge in [-0.2, -0.15) is 0 Å². The van der Waals surface area contributed by atoms with Crippen LogP contribution in [-0.2, 0) is 14.3 Å². The van der Waals surface area contributed by atoms with E-state index in [1.807, 2.05) is 35.2 Å². The van der Waals surface area contributed by atoms with Crippen molar-refractivity contribution in [2.75, 3.05) is 20.3 Å². The summed E-state index contributed by atoms with van der Waals surface area (Å²) in [6, 6.07) is 9.53. The number of hydrogen-bond donors (Lipinski definition) is 0. The first-order valence-electron chi connectivity index (χ1n) is 9.25. The Kier molecular flexibility index (Phi) is 8.29. The zero-order chi connectivity index (χ0) is 17.9. The number of para-hydroxylation sites is 1. The number of benzene rings is 1. The number of methoxy groups -OCH3 is 1. The summed E-state index contributed by atoms with van der Waals surface area (Å²) in [5.41, 5.74) is 0. The summed E-state index contributed by atoms with van der Waals surface area (Å²) in [6.45, 7) is 0.399. The molecule has 0 radical (unpaired) electrons. The Morgan fingerprint density at radius 2 is 1.68 bits per heavy atom. The Bertz CT molecular complexity index is 524. The van der Waals surface area contributed by atoms with Crippen molar-refractivity contribution in [3.05, 3.63) is 30.3 Å². The Hall–Kier alpha value is -2.04. The third kappa shape index (κ3) is 6.77. The third-order valence-corrected chi connectivity index (χ3v) is 4.73. The van der Waals surface area contributed by atoms with Gasteiger partial charge in [-0.05, 0) is 25.0 Å². The molecule has 5 nitrogen and oxygen atoms in total. The maximum atomic E-state index is 12.8. The monoisotopic (exact) mass is 347 g/mol. The van der Waals surface area contributed by atoms with Gasteiger partial charge in [-0.3, -0.25) is 9.59 Å². The topological polar surface area (TPSA) is 55.8 Å². The predicted molar refractivity (Wildman–Crippen MR) is 96.4 cm³/mol. The lowest BCUT2D eigenvalue weighted by Crippen LogP contribution is -2.44. The molecule has 138 valence electrons. The summed E-state index contributed by atoms with van der Waals surface area (Å²) in [4.78, 5) is 26.1. The molecule has 0 atom stereocenters. The molecule has 0 heterocycles. The summed E-state index contributed by atoms with van der Waals surface area (Å²) < 4.78 is 10.4. The summed E-state index contributed by atoms with van der Waals surface area (Å²) in [5, 5.41) is 0. The van der Waals surface area contributed by atoms with Crippen LogP contribution < -0.4 is 4.74 Å². The molecule has 1 aliphatic rings. The number of ether oxygens (including phenoxy) is 2. The van der Waals surface area contributed by atoms with Crippen molar-refractivity contribution in [2.24, 2.45) is 0 Å². The number of carbonyl (C=O) groups is 2. The Balaban J connectivity index is 1.97. The Morgan fingerprint density at radius 3 is 2.32 bits per heavy atom. The van der Waals surface area contributed by atoms with Crippen LogP contribution in [0.25, 0.3) is 0 Å². The maximum absolute atomic E-state index is 12.8. The zero-order valence-electron chi connectivity index (χ0n) is 15.1. The lowest BCUT2D eigenvalue weighted by molar-refractivity contribution is -0.143. The van der Waals surface area contributed by atoms with Crippen molar-refractivity contribution in [3.8, 4) is 5.75 Å². The van der Waals surface area contributed by atoms with E-state index in [1.165, 1.54) is 26.4 Å². The fraction of sp³-hybridized carbons (Fsp3) is 0.600. The maximum Gasteiger partial charge on any atom is 0.307 e. The van der Waals surface area contributed by atoms with Gasteiger partial charge in [0.15, 0.2) is 6.61 Å². The molecule has 1 saturated carbocycles. The van der Waals surface area contributed by atoms with Crippen molar-refractivity contribution in [2.45, 2.75) is 57.4 Å². The number of hydrogen-bond acceptors (Lipinski definition) is 4. The normalized spacial score (nSPS) is 15.7. The van der Waals surface area contributed by atoms with Gasteiger partial charge in [0.05, 0.1) is 13.5 Å². The number of nitrogens with zero attached hydrogens (tertiary/aromatic N) is 1. The Morgan fingerprint density at radius 1 is 1.04 bits per heavy atom. The highest BCUT2D eigenvalue weighted by atomic mass is 16.5. The molecule has 0 N–H and O–H groups in total. The van der Waals surface area contributed by atoms with Crippen molar-refractivity contribution in [1.29, 1.82) is 0 Å². The van der Waals surface area contributed by atoms with Gasteiger partial charge in [-0.1, -0.05) is 50.3 Å². The molecule has 0 unspecified atom stereocenters. The fourth-order valence-corrected chi connectivity index (χ4v) is 3.32. The zero-order valence-corrected chi connectivity index (χ0v) is 15.1. The van der Waals surface area contributed by atoms with Gasteiger partial charge in [-0.15, -0.1) is 0 Å². The highest BCUT2D eigenvalue weighted by Crippen LogP contribution is 2.22. The van der Waals surface area contributed by atoms with Crippen LogP contribution in [0.2, 0.25) is 0 Å². The fourth-order valence-electron chi connectivity index (χ4n) is 3.32. The van der Waals surface area contributed by atoms with Crippen molar-refractivity contribution in [3.63, 3.8) is 0 Å². The van der Waals surface area contributed by atoms with Crippen molar-refractivity contribution in [1.82, 2.24) is 4.90 Å². The average Bonchev–Trinajstić information content (AvgIpc) is 2.61. The van der Waals surface area contributed by atoms with E-state index >= 15 is 0 Å². The highest BCUT2D eigenvalue weighted by Gasteiger charge is 2.25. The molecular formula is C20H29NO4. The van der Waals surface area contributed by atoms with Crippen LogP contribution in [0.1, 0.15) is 51.4 Å². The lowest BCUT2D eigenvalue weighted by Gasteiger charge is -2.33. The quantitative estimate of drug-likeness (QED) is 0.708. The van der Waals surface area contributed by atoms with Gasteiger partial charge in [0, 0.05) is 12.6 Å². The second-order valence-corrected chi connectivity index (χ2v) is 6.51. The number of carbonyl (C=O) groups excluding carboxylic acids is 2. The van der Waals surface area contributed by atoms with Gasteiger partial charge in [0.2, 0.25) is 0 Å². The van der Waals surface area contributed by atoms with E-state index in [-0.39, 0.29) is 30.9 Å². The molecular weight excluding hydrogens is 318 g/mol. The van der Waals surface area contributed by atoms with Crippen LogP contribution in [0.15, 0.2) is 30.3 Å². The van der Waals surface area contributed by atoms with E-state index in [9.17, 15) is 9.59 Å². The van der Waals surface area contributed by atoms with Crippen LogP contribution in [0.3, 0.4) is 0 Å². The van der Waals surface area contributed by atoms with Crippen LogP contribution >= 0.6 is 0 Å². The molecule has 25 heavy (non-hydrogen) atoms. The molecule has 0 bridgehead atoms. The van der Waals surface area contributed by atoms with Crippen molar-refractivity contribution >= 4 is 11.9 Å². The minimum Gasteiger partial charge on any atom is -0.484 e. The first kappa shape index (κ1) is 19.3. The lowest BCUT2D eigenvalue weighted by atomic mass is 9.95. The molecule has 1 aromatic carbocycles. The van der Waals surface area contributed by atoms with E-state index in [1.54, 1.807) is 0 Å². The van der Waals surface area contributed by atoms with E-state index in [2.05, 4.69) is 0 Å². The molecule has 1 amide bonds. The van der Waals surface area contributed by atoms with Crippen LogP contribution in [0, 0.1) is 0 Å². The average molecular weight is 347 g/mol. The predicted octanol–water partition coefficient (Wildman–Crippen LogP) is 3.57. The van der Waals surface area contributed by atoms with Crippen LogP contribution in [0.5, 0.6) is 5.75 Å². The number of rotatable bonds is 7. The second-order valence-electron chi connectivity index (χ2n) is 6.51.